The monoisotopic (exact) mass is 728 g/mol. The van der Waals surface area contributed by atoms with Crippen molar-refractivity contribution in [2.45, 2.75) is 168 Å². The lowest BCUT2D eigenvalue weighted by molar-refractivity contribution is 0.158. The van der Waals surface area contributed by atoms with Crippen LogP contribution in [-0.2, 0) is 14.9 Å². The minimum Gasteiger partial charge on any atom is -0.449 e. The lowest BCUT2D eigenvalue weighted by Crippen LogP contribution is -2.16. The number of rotatable bonds is 25. The van der Waals surface area contributed by atoms with E-state index >= 15 is 0 Å². The lowest BCUT2D eigenvalue weighted by atomic mass is 9.92. The van der Waals surface area contributed by atoms with E-state index in [2.05, 4.69) is 55.4 Å². The molecule has 0 radical (unpaired) electrons. The van der Waals surface area contributed by atoms with E-state index < -0.39 is 12.2 Å². The third kappa shape index (κ3) is 15.5. The zero-order valence-electron chi connectivity index (χ0n) is 32.1. The molecule has 0 aliphatic heterocycles. The van der Waals surface area contributed by atoms with E-state index in [1.54, 1.807) is 18.2 Å². The maximum absolute atomic E-state index is 12.8. The van der Waals surface area contributed by atoms with Crippen molar-refractivity contribution in [3.8, 4) is 11.4 Å². The Morgan fingerprint density at radius 2 is 1.20 bits per heavy atom. The molecular weight excluding hydrogens is 664 g/mol. The van der Waals surface area contributed by atoms with Crippen LogP contribution >= 0.6 is 11.6 Å². The van der Waals surface area contributed by atoms with Gasteiger partial charge in [0.1, 0.15) is 5.02 Å². The van der Waals surface area contributed by atoms with Crippen LogP contribution in [0.15, 0.2) is 18.2 Å². The fourth-order valence-corrected chi connectivity index (χ4v) is 6.58. The molecule has 2 amide bonds. The van der Waals surface area contributed by atoms with Crippen LogP contribution in [0.2, 0.25) is 5.02 Å². The van der Waals surface area contributed by atoms with Crippen molar-refractivity contribution in [1.82, 2.24) is 19.8 Å². The van der Waals surface area contributed by atoms with Gasteiger partial charge in [-0.25, -0.2) is 14.6 Å². The van der Waals surface area contributed by atoms with Crippen molar-refractivity contribution >= 4 is 40.8 Å². The molecule has 0 saturated carbocycles. The molecule has 3 aromatic rings. The van der Waals surface area contributed by atoms with Gasteiger partial charge >= 0.3 is 12.2 Å². The third-order valence-electron chi connectivity index (χ3n) is 9.20. The van der Waals surface area contributed by atoms with Crippen molar-refractivity contribution < 1.29 is 19.1 Å². The van der Waals surface area contributed by atoms with Gasteiger partial charge in [-0.3, -0.25) is 15.7 Å². The summed E-state index contributed by atoms with van der Waals surface area (Å²) in [5.41, 5.74) is 2.50. The Balaban J connectivity index is 1.54. The number of amides is 2. The molecule has 1 aromatic carbocycles. The smallest absolute Gasteiger partial charge is 0.411 e. The van der Waals surface area contributed by atoms with Crippen LogP contribution in [0.3, 0.4) is 0 Å². The maximum Gasteiger partial charge on any atom is 0.411 e. The number of carbonyl (C=O) groups is 2. The molecule has 0 spiro atoms. The van der Waals surface area contributed by atoms with Gasteiger partial charge in [0.15, 0.2) is 11.5 Å². The van der Waals surface area contributed by atoms with Crippen molar-refractivity contribution in [3.05, 3.63) is 28.9 Å². The van der Waals surface area contributed by atoms with E-state index in [1.807, 2.05) is 0 Å². The van der Waals surface area contributed by atoms with Crippen molar-refractivity contribution in [2.75, 3.05) is 23.8 Å². The summed E-state index contributed by atoms with van der Waals surface area (Å²) < 4.78 is 12.5. The van der Waals surface area contributed by atoms with Gasteiger partial charge in [-0.2, -0.15) is 4.63 Å². The normalized spacial score (nSPS) is 11.6. The Bertz CT molecular complexity index is 1450. The van der Waals surface area contributed by atoms with E-state index in [0.29, 0.717) is 46.6 Å². The summed E-state index contributed by atoms with van der Waals surface area (Å²) in [7, 11) is 0. The van der Waals surface area contributed by atoms with Crippen LogP contribution in [0.4, 0.5) is 21.0 Å². The number of unbranched alkanes of at least 4 members (excludes halogenated alkanes) is 18. The summed E-state index contributed by atoms with van der Waals surface area (Å²) in [6.45, 7) is 11.4. The molecule has 0 aliphatic rings. The Morgan fingerprint density at radius 1 is 0.725 bits per heavy atom. The van der Waals surface area contributed by atoms with Crippen LogP contribution in [0.25, 0.3) is 17.0 Å². The number of aromatic amines is 1. The fourth-order valence-electron chi connectivity index (χ4n) is 6.13. The Kier molecular flexibility index (Phi) is 19.3. The second-order valence-corrected chi connectivity index (χ2v) is 15.2. The highest BCUT2D eigenvalue weighted by Crippen LogP contribution is 2.34. The van der Waals surface area contributed by atoms with E-state index in [1.165, 1.54) is 94.5 Å². The molecule has 2 aromatic heterocycles. The first-order chi connectivity index (χ1) is 24.6. The summed E-state index contributed by atoms with van der Waals surface area (Å²) >= 11 is 6.70. The van der Waals surface area contributed by atoms with E-state index in [0.717, 1.165) is 44.2 Å². The average Bonchev–Trinajstić information content (AvgIpc) is 3.66. The molecule has 0 unspecified atom stereocenters. The second-order valence-electron chi connectivity index (χ2n) is 14.9. The van der Waals surface area contributed by atoms with Gasteiger partial charge in [0, 0.05) is 16.7 Å². The fraction of sp³-hybridized carbons (Fsp3) is 0.700. The number of hydrogen-bond donors (Lipinski definition) is 3. The minimum atomic E-state index is -0.554. The molecule has 0 fully saturated rings. The summed E-state index contributed by atoms with van der Waals surface area (Å²) in [6.07, 6.45) is 23.1. The molecule has 10 nitrogen and oxygen atoms in total. The van der Waals surface area contributed by atoms with E-state index in [-0.39, 0.29) is 5.41 Å². The third-order valence-corrected chi connectivity index (χ3v) is 9.55. The molecule has 2 heterocycles. The maximum atomic E-state index is 12.8. The van der Waals surface area contributed by atoms with Gasteiger partial charge in [0.05, 0.1) is 24.6 Å². The number of hydrogen-bond acceptors (Lipinski definition) is 6. The molecule has 286 valence electrons. The predicted octanol–water partition coefficient (Wildman–Crippen LogP) is 12.6. The largest absolute Gasteiger partial charge is 0.449 e. The van der Waals surface area contributed by atoms with Gasteiger partial charge in [-0.15, -0.1) is 5.10 Å². The summed E-state index contributed by atoms with van der Waals surface area (Å²) in [5, 5.41) is 14.0. The number of halogens is 1. The number of nitrogens with zero attached hydrogens (tertiary/aromatic N) is 3. The molecule has 51 heavy (non-hydrogen) atoms. The highest BCUT2D eigenvalue weighted by molar-refractivity contribution is 6.34. The second kappa shape index (κ2) is 23.3. The van der Waals surface area contributed by atoms with Gasteiger partial charge < -0.3 is 9.47 Å². The van der Waals surface area contributed by atoms with Crippen LogP contribution < -0.4 is 10.6 Å². The number of ether oxygens (including phenoxy) is 2. The van der Waals surface area contributed by atoms with E-state index in [4.69, 9.17) is 26.1 Å². The number of fused-ring (bicyclic) bond motifs is 1. The quantitative estimate of drug-likeness (QED) is 0.0746. The first-order valence-electron chi connectivity index (χ1n) is 19.8. The molecule has 3 rings (SSSR count). The van der Waals surface area contributed by atoms with Crippen molar-refractivity contribution in [3.63, 3.8) is 0 Å². The van der Waals surface area contributed by atoms with Gasteiger partial charge in [0.2, 0.25) is 0 Å². The minimum absolute atomic E-state index is 0.234. The van der Waals surface area contributed by atoms with Gasteiger partial charge in [-0.05, 0) is 31.0 Å². The summed E-state index contributed by atoms with van der Waals surface area (Å²) in [4.78, 5) is 30.2. The number of aromatic nitrogens is 4. The summed E-state index contributed by atoms with van der Waals surface area (Å²) in [5.74, 6) is 0.330. The highest BCUT2D eigenvalue weighted by Gasteiger charge is 2.25. The molecule has 0 aliphatic carbocycles. The SMILES string of the molecule is CCCCCCCCCCCCOC(=O)Nc1ccc(NC(=O)OCCCCCCCCCCCC)c(-c2nc3c(Cl)c(C(C)(C)C)[nH]n3n2)c1. The first-order valence-corrected chi connectivity index (χ1v) is 20.2. The molecule has 0 atom stereocenters. The molecule has 3 N–H and O–H groups in total. The number of H-pyrrole nitrogens is 1. The number of anilines is 2. The average molecular weight is 729 g/mol. The number of nitrogens with one attached hydrogen (secondary N) is 3. The van der Waals surface area contributed by atoms with Crippen LogP contribution in [0, 0.1) is 0 Å². The lowest BCUT2D eigenvalue weighted by Gasteiger charge is -2.16. The van der Waals surface area contributed by atoms with Crippen LogP contribution in [0.5, 0.6) is 0 Å². The zero-order valence-corrected chi connectivity index (χ0v) is 32.9. The molecular formula is C40H65ClN6O4. The number of carbonyl (C=O) groups excluding carboxylic acids is 2. The Morgan fingerprint density at radius 3 is 1.67 bits per heavy atom. The Hall–Kier alpha value is -3.27. The van der Waals surface area contributed by atoms with Gasteiger partial charge in [0.25, 0.3) is 0 Å². The number of benzene rings is 1. The molecule has 0 bridgehead atoms. The first kappa shape index (κ1) is 42.1. The van der Waals surface area contributed by atoms with Crippen LogP contribution in [0.1, 0.15) is 169 Å². The van der Waals surface area contributed by atoms with Gasteiger partial charge in [-0.1, -0.05) is 162 Å². The van der Waals surface area contributed by atoms with Crippen molar-refractivity contribution in [2.24, 2.45) is 0 Å². The van der Waals surface area contributed by atoms with E-state index in [9.17, 15) is 9.59 Å². The predicted molar refractivity (Wildman–Crippen MR) is 210 cm³/mol. The van der Waals surface area contributed by atoms with Crippen molar-refractivity contribution in [1.29, 1.82) is 0 Å². The standard InChI is InChI=1S/C40H65ClN6O4/c1-6-8-10-12-14-16-18-20-22-24-28-50-38(48)42-31-26-27-33(43-39(49)51-29-25-23-21-19-17-15-13-11-9-7-2)32(30-31)36-44-37-34(41)35(40(3,4)5)45-47(37)46-36/h26-27,30,45H,6-25,28-29H2,1-5H3,(H,42,48)(H,43,49). The Labute approximate surface area is 311 Å². The van der Waals surface area contributed by atoms with Crippen LogP contribution in [-0.4, -0.2) is 45.2 Å². The highest BCUT2D eigenvalue weighted by atomic mass is 35.5. The molecule has 11 heteroatoms. The topological polar surface area (TPSA) is 123 Å². The zero-order chi connectivity index (χ0) is 36.9. The molecule has 0 saturated heterocycles. The summed E-state index contributed by atoms with van der Waals surface area (Å²) in [6, 6.07) is 5.12.